The second kappa shape index (κ2) is 11.5. The van der Waals surface area contributed by atoms with Crippen LogP contribution in [0.2, 0.25) is 5.02 Å². The van der Waals surface area contributed by atoms with E-state index in [-0.39, 0.29) is 22.0 Å². The van der Waals surface area contributed by atoms with Gasteiger partial charge in [0.05, 0.1) is 22.2 Å². The summed E-state index contributed by atoms with van der Waals surface area (Å²) < 4.78 is 35.9. The quantitative estimate of drug-likeness (QED) is 0.146. The van der Waals surface area contributed by atoms with Crippen molar-refractivity contribution in [3.8, 4) is 11.5 Å². The smallest absolute Gasteiger partial charge is 0.343 e. The van der Waals surface area contributed by atoms with Crippen LogP contribution < -0.4 is 14.3 Å². The molecule has 4 aromatic rings. The number of nitrogens with one attached hydrogen (secondary N) is 1. The van der Waals surface area contributed by atoms with Gasteiger partial charge < -0.3 is 9.47 Å². The first-order valence-corrected chi connectivity index (χ1v) is 12.7. The Labute approximate surface area is 218 Å². The lowest BCUT2D eigenvalue weighted by Crippen LogP contribution is -2.18. The van der Waals surface area contributed by atoms with Crippen molar-refractivity contribution < 1.29 is 27.5 Å². The van der Waals surface area contributed by atoms with Crippen LogP contribution in [0, 0.1) is 0 Å². The molecule has 0 bridgehead atoms. The Balaban J connectivity index is 1.58. The summed E-state index contributed by atoms with van der Waals surface area (Å²) in [4.78, 5) is 27.2. The number of carbonyl (C=O) groups excluding carboxylic acids is 2. The Bertz CT molecular complexity index is 1540. The molecule has 10 heteroatoms. The van der Waals surface area contributed by atoms with Crippen molar-refractivity contribution in [3.05, 3.63) is 125 Å². The molecule has 0 atom stereocenters. The summed E-state index contributed by atoms with van der Waals surface area (Å²) in [5.74, 6) is -1.15. The molecule has 1 N–H and O–H groups in total. The maximum Gasteiger partial charge on any atom is 0.343 e. The van der Waals surface area contributed by atoms with Crippen LogP contribution in [0.1, 0.15) is 26.3 Å². The lowest BCUT2D eigenvalue weighted by Gasteiger charge is -2.11. The Kier molecular flexibility index (Phi) is 7.97. The van der Waals surface area contributed by atoms with Gasteiger partial charge in [-0.1, -0.05) is 48.0 Å². The summed E-state index contributed by atoms with van der Waals surface area (Å²) in [6.45, 7) is 0. The molecule has 0 aliphatic heterocycles. The number of nitrogens with zero attached hydrogens (tertiary/aromatic N) is 1. The van der Waals surface area contributed by atoms with E-state index < -0.39 is 22.0 Å². The molecule has 37 heavy (non-hydrogen) atoms. The van der Waals surface area contributed by atoms with E-state index in [9.17, 15) is 18.0 Å². The highest BCUT2D eigenvalue weighted by Gasteiger charge is 2.16. The van der Waals surface area contributed by atoms with Gasteiger partial charge in [-0.2, -0.15) is 13.5 Å². The number of hydrogen-bond donors (Lipinski definition) is 1. The minimum absolute atomic E-state index is 0.00153. The fourth-order valence-corrected chi connectivity index (χ4v) is 4.00. The van der Waals surface area contributed by atoms with E-state index >= 15 is 0 Å². The molecule has 0 spiro atoms. The summed E-state index contributed by atoms with van der Waals surface area (Å²) in [5, 5.41) is 4.19. The number of ether oxygens (including phenoxy) is 2. The van der Waals surface area contributed by atoms with Gasteiger partial charge in [-0.3, -0.25) is 0 Å². The second-order valence-electron chi connectivity index (χ2n) is 7.52. The monoisotopic (exact) mass is 534 g/mol. The van der Waals surface area contributed by atoms with Crippen LogP contribution in [-0.4, -0.2) is 26.6 Å². The number of carbonyl (C=O) groups is 2. The van der Waals surface area contributed by atoms with Gasteiger partial charge in [0.2, 0.25) is 0 Å². The molecule has 4 rings (SSSR count). The highest BCUT2D eigenvalue weighted by molar-refractivity contribution is 7.89. The fourth-order valence-electron chi connectivity index (χ4n) is 3.08. The number of esters is 2. The highest BCUT2D eigenvalue weighted by atomic mass is 35.5. The van der Waals surface area contributed by atoms with Gasteiger partial charge in [-0.05, 0) is 60.7 Å². The summed E-state index contributed by atoms with van der Waals surface area (Å²) in [5.41, 5.74) is 0.885. The number of hydrazone groups is 1. The summed E-state index contributed by atoms with van der Waals surface area (Å²) in [6.07, 6.45) is 1.17. The molecule has 0 aromatic heterocycles. The molecule has 0 aliphatic rings. The molecule has 0 unspecified atom stereocenters. The maximum absolute atomic E-state index is 12.7. The van der Waals surface area contributed by atoms with Crippen LogP contribution >= 0.6 is 11.6 Å². The van der Waals surface area contributed by atoms with Gasteiger partial charge >= 0.3 is 11.9 Å². The van der Waals surface area contributed by atoms with E-state index in [4.69, 9.17) is 21.1 Å². The van der Waals surface area contributed by atoms with Gasteiger partial charge in [0.25, 0.3) is 10.0 Å². The van der Waals surface area contributed by atoms with E-state index in [1.165, 1.54) is 48.7 Å². The van der Waals surface area contributed by atoms with E-state index in [0.717, 1.165) is 0 Å². The van der Waals surface area contributed by atoms with Crippen LogP contribution in [-0.2, 0) is 10.0 Å². The predicted octanol–water partition coefficient (Wildman–Crippen LogP) is 5.09. The lowest BCUT2D eigenvalue weighted by molar-refractivity contribution is 0.0732. The molecule has 186 valence electrons. The van der Waals surface area contributed by atoms with Crippen LogP contribution in [0.3, 0.4) is 0 Å². The Morgan fingerprint density at radius 3 is 1.92 bits per heavy atom. The molecule has 0 radical (unpaired) electrons. The summed E-state index contributed by atoms with van der Waals surface area (Å²) >= 11 is 5.81. The first-order chi connectivity index (χ1) is 17.8. The van der Waals surface area contributed by atoms with Crippen molar-refractivity contribution in [1.29, 1.82) is 0 Å². The lowest BCUT2D eigenvalue weighted by atomic mass is 10.2. The number of halogens is 1. The second-order valence-corrected chi connectivity index (χ2v) is 9.61. The third-order valence-electron chi connectivity index (χ3n) is 4.92. The maximum atomic E-state index is 12.7. The Morgan fingerprint density at radius 1 is 0.757 bits per heavy atom. The number of rotatable bonds is 8. The molecule has 8 nitrogen and oxygen atoms in total. The fraction of sp³-hybridized carbons (Fsp3) is 0. The van der Waals surface area contributed by atoms with Crippen molar-refractivity contribution in [1.82, 2.24) is 4.83 Å². The molecular formula is C27H19ClN2O6S. The average Bonchev–Trinajstić information content (AvgIpc) is 2.91. The van der Waals surface area contributed by atoms with Gasteiger partial charge in [0.15, 0.2) is 0 Å². The summed E-state index contributed by atoms with van der Waals surface area (Å²) in [7, 11) is -3.96. The Morgan fingerprint density at radius 2 is 1.32 bits per heavy atom. The number of hydrogen-bond acceptors (Lipinski definition) is 7. The number of benzene rings is 4. The number of sulfonamides is 1. The normalized spacial score (nSPS) is 11.2. The van der Waals surface area contributed by atoms with Gasteiger partial charge in [-0.15, -0.1) is 0 Å². The van der Waals surface area contributed by atoms with Crippen molar-refractivity contribution in [3.63, 3.8) is 0 Å². The standard InChI is InChI=1S/C27H19ClN2O6S/c28-22-12-15-24(16-13-22)37(33,34)30-29-18-21-11-14-23(35-26(31)19-7-3-1-4-8-19)17-25(21)36-27(32)20-9-5-2-6-10-20/h1-18,30H/b29-18+. The zero-order chi connectivity index (χ0) is 26.3. The zero-order valence-corrected chi connectivity index (χ0v) is 20.6. The largest absolute Gasteiger partial charge is 0.423 e. The molecule has 0 amide bonds. The zero-order valence-electron chi connectivity index (χ0n) is 19.1. The Hall–Kier alpha value is -4.47. The van der Waals surface area contributed by atoms with Gasteiger partial charge in [0, 0.05) is 16.7 Å². The van der Waals surface area contributed by atoms with Crippen molar-refractivity contribution >= 4 is 39.8 Å². The first-order valence-electron chi connectivity index (χ1n) is 10.8. The third-order valence-corrected chi connectivity index (χ3v) is 6.41. The molecule has 4 aromatic carbocycles. The van der Waals surface area contributed by atoms with E-state index in [1.54, 1.807) is 60.7 Å². The van der Waals surface area contributed by atoms with Crippen LogP contribution in [0.4, 0.5) is 0 Å². The van der Waals surface area contributed by atoms with E-state index in [2.05, 4.69) is 9.93 Å². The van der Waals surface area contributed by atoms with E-state index in [1.807, 2.05) is 0 Å². The molecular weight excluding hydrogens is 516 g/mol. The van der Waals surface area contributed by atoms with Crippen molar-refractivity contribution in [2.24, 2.45) is 5.10 Å². The molecule has 0 saturated carbocycles. The highest BCUT2D eigenvalue weighted by Crippen LogP contribution is 2.26. The van der Waals surface area contributed by atoms with Crippen LogP contribution in [0.5, 0.6) is 11.5 Å². The topological polar surface area (TPSA) is 111 Å². The minimum Gasteiger partial charge on any atom is -0.423 e. The molecule has 0 saturated heterocycles. The SMILES string of the molecule is O=C(Oc1ccc(/C=N/NS(=O)(=O)c2ccc(Cl)cc2)c(OC(=O)c2ccccc2)c1)c1ccccc1. The first kappa shape index (κ1) is 25.6. The van der Waals surface area contributed by atoms with Gasteiger partial charge in [-0.25, -0.2) is 14.4 Å². The third kappa shape index (κ3) is 6.81. The molecule has 0 heterocycles. The summed E-state index contributed by atoms with van der Waals surface area (Å²) in [6, 6.07) is 26.5. The van der Waals surface area contributed by atoms with Crippen LogP contribution in [0.15, 0.2) is 113 Å². The average molecular weight is 535 g/mol. The van der Waals surface area contributed by atoms with Crippen molar-refractivity contribution in [2.75, 3.05) is 0 Å². The van der Waals surface area contributed by atoms with Gasteiger partial charge in [0.1, 0.15) is 11.5 Å². The molecule has 0 fully saturated rings. The minimum atomic E-state index is -3.96. The van der Waals surface area contributed by atoms with E-state index in [0.29, 0.717) is 16.1 Å². The van der Waals surface area contributed by atoms with Crippen molar-refractivity contribution in [2.45, 2.75) is 4.90 Å². The predicted molar refractivity (Wildman–Crippen MR) is 139 cm³/mol. The van der Waals surface area contributed by atoms with Crippen LogP contribution in [0.25, 0.3) is 0 Å². The molecule has 0 aliphatic carbocycles.